The molecule has 0 spiro atoms. The lowest BCUT2D eigenvalue weighted by molar-refractivity contribution is -0.152. The third kappa shape index (κ3) is 3.92. The summed E-state index contributed by atoms with van der Waals surface area (Å²) in [6.07, 6.45) is -0.408. The number of aliphatic hydroxyl groups is 1. The summed E-state index contributed by atoms with van der Waals surface area (Å²) in [4.78, 5) is 24.2. The Labute approximate surface area is 141 Å². The molecule has 0 amide bonds. The van der Waals surface area contributed by atoms with E-state index >= 15 is 0 Å². The number of aliphatic hydroxyl groups excluding tert-OH is 1. The smallest absolute Gasteiger partial charge is 0.340 e. The number of benzene rings is 1. The van der Waals surface area contributed by atoms with Gasteiger partial charge in [0.25, 0.3) is 0 Å². The lowest BCUT2D eigenvalue weighted by Gasteiger charge is -2.11. The van der Waals surface area contributed by atoms with Crippen molar-refractivity contribution < 1.29 is 19.4 Å². The van der Waals surface area contributed by atoms with Crippen LogP contribution >= 0.6 is 0 Å². The Morgan fingerprint density at radius 3 is 2.50 bits per heavy atom. The van der Waals surface area contributed by atoms with Gasteiger partial charge in [-0.1, -0.05) is 37.3 Å². The third-order valence-electron chi connectivity index (χ3n) is 4.01. The van der Waals surface area contributed by atoms with Crippen LogP contribution in [-0.4, -0.2) is 28.0 Å². The van der Waals surface area contributed by atoms with Crippen LogP contribution < -0.4 is 0 Å². The van der Waals surface area contributed by atoms with Gasteiger partial charge >= 0.3 is 5.97 Å². The molecule has 0 radical (unpaired) electrons. The zero-order valence-corrected chi connectivity index (χ0v) is 14.3. The molecule has 2 rings (SSSR count). The molecule has 1 aromatic carbocycles. The first-order chi connectivity index (χ1) is 11.5. The summed E-state index contributed by atoms with van der Waals surface area (Å²) in [5.41, 5.74) is 2.88. The molecule has 0 unspecified atom stereocenters. The molecule has 5 heteroatoms. The van der Waals surface area contributed by atoms with E-state index in [4.69, 9.17) is 4.74 Å². The molecular weight excluding hydrogens is 306 g/mol. The lowest BCUT2D eigenvalue weighted by atomic mass is 10.1. The Hall–Kier alpha value is -2.40. The van der Waals surface area contributed by atoms with Gasteiger partial charge in [-0.25, -0.2) is 4.79 Å². The van der Waals surface area contributed by atoms with Crippen molar-refractivity contribution in [1.82, 2.24) is 4.57 Å². The van der Waals surface area contributed by atoms with Gasteiger partial charge in [0.05, 0.1) is 0 Å². The minimum absolute atomic E-state index is 0.265. The number of nitrogens with zero attached hydrogens (tertiary/aromatic N) is 1. The van der Waals surface area contributed by atoms with E-state index in [-0.39, 0.29) is 12.4 Å². The van der Waals surface area contributed by atoms with Crippen LogP contribution in [0.15, 0.2) is 36.4 Å². The van der Waals surface area contributed by atoms with E-state index in [2.05, 4.69) is 11.5 Å². The van der Waals surface area contributed by atoms with Crippen molar-refractivity contribution in [1.29, 1.82) is 0 Å². The minimum atomic E-state index is -1.38. The fraction of sp³-hybridized carbons (Fsp3) is 0.368. The standard InChI is InChI=1S/C19H23NO4/c1-4-10-20-13(2)11-16(14(20)3)17(21)12-24-19(23)18(22)15-8-6-5-7-9-15/h5-9,11,18,22H,4,10,12H2,1-3H3/t18-/m0/s1. The molecule has 0 aliphatic rings. The molecule has 0 fully saturated rings. The zero-order chi connectivity index (χ0) is 17.7. The number of aryl methyl sites for hydroxylation is 1. The zero-order valence-electron chi connectivity index (χ0n) is 14.3. The van der Waals surface area contributed by atoms with Crippen molar-refractivity contribution in [3.05, 3.63) is 58.9 Å². The van der Waals surface area contributed by atoms with Gasteiger partial charge in [0, 0.05) is 23.5 Å². The van der Waals surface area contributed by atoms with E-state index in [0.29, 0.717) is 11.1 Å². The molecule has 5 nitrogen and oxygen atoms in total. The van der Waals surface area contributed by atoms with E-state index in [9.17, 15) is 14.7 Å². The number of ether oxygens (including phenoxy) is 1. The highest BCUT2D eigenvalue weighted by atomic mass is 16.5. The summed E-state index contributed by atoms with van der Waals surface area (Å²) in [5.74, 6) is -1.09. The number of esters is 1. The Morgan fingerprint density at radius 1 is 1.21 bits per heavy atom. The monoisotopic (exact) mass is 329 g/mol. The number of carbonyl (C=O) groups excluding carboxylic acids is 2. The highest BCUT2D eigenvalue weighted by molar-refractivity contribution is 5.99. The van der Waals surface area contributed by atoms with Crippen molar-refractivity contribution in [3.63, 3.8) is 0 Å². The second kappa shape index (κ2) is 7.93. The summed E-state index contributed by atoms with van der Waals surface area (Å²) in [6.45, 7) is 6.38. The van der Waals surface area contributed by atoms with Crippen LogP contribution in [0.4, 0.5) is 0 Å². The minimum Gasteiger partial charge on any atom is -0.455 e. The van der Waals surface area contributed by atoms with Crippen molar-refractivity contribution >= 4 is 11.8 Å². The number of ketones is 1. The van der Waals surface area contributed by atoms with Crippen molar-refractivity contribution in [3.8, 4) is 0 Å². The van der Waals surface area contributed by atoms with Gasteiger partial charge in [-0.2, -0.15) is 0 Å². The summed E-state index contributed by atoms with van der Waals surface area (Å²) in [5, 5.41) is 9.96. The average molecular weight is 329 g/mol. The number of hydrogen-bond acceptors (Lipinski definition) is 4. The predicted molar refractivity (Wildman–Crippen MR) is 90.9 cm³/mol. The molecular formula is C19H23NO4. The molecule has 128 valence electrons. The van der Waals surface area contributed by atoms with Crippen LogP contribution in [0.5, 0.6) is 0 Å². The van der Waals surface area contributed by atoms with E-state index < -0.39 is 12.1 Å². The van der Waals surface area contributed by atoms with Crippen molar-refractivity contribution in [2.75, 3.05) is 6.61 Å². The Kier molecular flexibility index (Phi) is 5.93. The summed E-state index contributed by atoms with van der Waals surface area (Å²) in [6, 6.07) is 10.3. The molecule has 0 aliphatic carbocycles. The number of carbonyl (C=O) groups is 2. The maximum absolute atomic E-state index is 12.3. The molecule has 1 heterocycles. The van der Waals surface area contributed by atoms with E-state index in [1.807, 2.05) is 19.9 Å². The van der Waals surface area contributed by atoms with Crippen LogP contribution in [-0.2, 0) is 16.1 Å². The van der Waals surface area contributed by atoms with Gasteiger partial charge < -0.3 is 14.4 Å². The fourth-order valence-corrected chi connectivity index (χ4v) is 2.72. The van der Waals surface area contributed by atoms with E-state index in [1.54, 1.807) is 30.3 Å². The number of aromatic nitrogens is 1. The maximum atomic E-state index is 12.3. The van der Waals surface area contributed by atoms with Gasteiger partial charge in [-0.05, 0) is 31.9 Å². The van der Waals surface area contributed by atoms with Crippen molar-refractivity contribution in [2.24, 2.45) is 0 Å². The first-order valence-corrected chi connectivity index (χ1v) is 8.05. The van der Waals surface area contributed by atoms with Gasteiger partial charge in [-0.15, -0.1) is 0 Å². The Morgan fingerprint density at radius 2 is 1.88 bits per heavy atom. The molecule has 1 aromatic heterocycles. The van der Waals surface area contributed by atoms with Crippen LogP contribution in [0, 0.1) is 13.8 Å². The molecule has 2 aromatic rings. The second-order valence-electron chi connectivity index (χ2n) is 5.78. The number of rotatable bonds is 7. The van der Waals surface area contributed by atoms with Crippen molar-refractivity contribution in [2.45, 2.75) is 39.8 Å². The highest BCUT2D eigenvalue weighted by Gasteiger charge is 2.21. The van der Waals surface area contributed by atoms with Gasteiger partial charge in [-0.3, -0.25) is 4.79 Å². The molecule has 0 aliphatic heterocycles. The molecule has 0 saturated heterocycles. The first kappa shape index (κ1) is 17.9. The van der Waals surface area contributed by atoms with Crippen LogP contribution in [0.25, 0.3) is 0 Å². The average Bonchev–Trinajstić information content (AvgIpc) is 2.88. The fourth-order valence-electron chi connectivity index (χ4n) is 2.72. The summed E-state index contributed by atoms with van der Waals surface area (Å²) >= 11 is 0. The third-order valence-corrected chi connectivity index (χ3v) is 4.01. The Balaban J connectivity index is 2.01. The predicted octanol–water partition coefficient (Wildman–Crippen LogP) is 2.97. The molecule has 1 N–H and O–H groups in total. The molecule has 24 heavy (non-hydrogen) atoms. The van der Waals surface area contributed by atoms with Crippen LogP contribution in [0.1, 0.15) is 46.8 Å². The first-order valence-electron chi connectivity index (χ1n) is 8.05. The number of hydrogen-bond donors (Lipinski definition) is 1. The normalized spacial score (nSPS) is 12.0. The second-order valence-corrected chi connectivity index (χ2v) is 5.78. The summed E-state index contributed by atoms with van der Waals surface area (Å²) in [7, 11) is 0. The SMILES string of the molecule is CCCn1c(C)cc(C(=O)COC(=O)[C@@H](O)c2ccccc2)c1C. The van der Waals surface area contributed by atoms with E-state index in [0.717, 1.165) is 24.4 Å². The summed E-state index contributed by atoms with van der Waals surface area (Å²) < 4.78 is 7.07. The lowest BCUT2D eigenvalue weighted by Crippen LogP contribution is -2.20. The van der Waals surface area contributed by atoms with Crippen LogP contribution in [0.3, 0.4) is 0 Å². The molecule has 0 bridgehead atoms. The topological polar surface area (TPSA) is 68.5 Å². The molecule has 1 atom stereocenters. The van der Waals surface area contributed by atoms with Crippen LogP contribution in [0.2, 0.25) is 0 Å². The number of Topliss-reactive ketones (excluding diaryl/α,β-unsaturated/α-hetero) is 1. The molecule has 0 saturated carbocycles. The van der Waals surface area contributed by atoms with Gasteiger partial charge in [0.15, 0.2) is 12.7 Å². The van der Waals surface area contributed by atoms with Gasteiger partial charge in [0.2, 0.25) is 5.78 Å². The highest BCUT2D eigenvalue weighted by Crippen LogP contribution is 2.18. The van der Waals surface area contributed by atoms with Gasteiger partial charge in [0.1, 0.15) is 0 Å². The quantitative estimate of drug-likeness (QED) is 0.626. The maximum Gasteiger partial charge on any atom is 0.340 e. The largest absolute Gasteiger partial charge is 0.455 e. The van der Waals surface area contributed by atoms with E-state index in [1.165, 1.54) is 0 Å². The Bertz CT molecular complexity index is 718.